The molecule has 0 amide bonds. The zero-order chi connectivity index (χ0) is 17.2. The van der Waals surface area contributed by atoms with Crippen LogP contribution in [0.5, 0.6) is 5.88 Å². The molecule has 5 nitrogen and oxygen atoms in total. The van der Waals surface area contributed by atoms with Gasteiger partial charge in [-0.15, -0.1) is 0 Å². The normalized spacial score (nSPS) is 12.8. The molecule has 4 rings (SSSR count). The predicted octanol–water partition coefficient (Wildman–Crippen LogP) is 4.26. The minimum Gasteiger partial charge on any atom is -0.475 e. The zero-order valence-electron chi connectivity index (χ0n) is 14.3. The van der Waals surface area contributed by atoms with Crippen molar-refractivity contribution in [3.8, 4) is 5.88 Å². The number of hydrogen-bond acceptors (Lipinski definition) is 4. The van der Waals surface area contributed by atoms with Crippen molar-refractivity contribution in [2.24, 2.45) is 5.92 Å². The summed E-state index contributed by atoms with van der Waals surface area (Å²) in [5, 5.41) is 1.11. The molecule has 0 saturated carbocycles. The van der Waals surface area contributed by atoms with E-state index in [0.29, 0.717) is 18.4 Å². The first-order chi connectivity index (χ1) is 12.2. The molecule has 0 N–H and O–H groups in total. The maximum Gasteiger partial charge on any atom is 0.213 e. The van der Waals surface area contributed by atoms with Gasteiger partial charge in [0.2, 0.25) is 5.88 Å². The molecule has 0 saturated heterocycles. The number of aromatic nitrogens is 4. The van der Waals surface area contributed by atoms with Gasteiger partial charge in [0.1, 0.15) is 12.1 Å². The van der Waals surface area contributed by atoms with Crippen LogP contribution < -0.4 is 4.74 Å². The maximum atomic E-state index is 5.94. The molecule has 0 radical (unpaired) electrons. The Hall–Kier alpha value is -2.95. The molecule has 5 heteroatoms. The molecule has 1 unspecified atom stereocenters. The Balaban J connectivity index is 1.76. The van der Waals surface area contributed by atoms with Gasteiger partial charge >= 0.3 is 0 Å². The van der Waals surface area contributed by atoms with E-state index in [4.69, 9.17) is 4.74 Å². The van der Waals surface area contributed by atoms with Gasteiger partial charge in [-0.2, -0.15) is 0 Å². The Morgan fingerprint density at radius 1 is 0.960 bits per heavy atom. The molecule has 3 aromatic heterocycles. The van der Waals surface area contributed by atoms with Crippen LogP contribution in [0.15, 0.2) is 61.2 Å². The highest BCUT2D eigenvalue weighted by Gasteiger charge is 2.20. The third kappa shape index (κ3) is 2.93. The van der Waals surface area contributed by atoms with E-state index in [1.165, 1.54) is 0 Å². The van der Waals surface area contributed by atoms with Gasteiger partial charge in [-0.1, -0.05) is 38.1 Å². The molecule has 0 bridgehead atoms. The highest BCUT2D eigenvalue weighted by atomic mass is 16.5. The number of rotatable bonds is 5. The fourth-order valence-corrected chi connectivity index (χ4v) is 3.11. The van der Waals surface area contributed by atoms with E-state index in [2.05, 4.69) is 39.4 Å². The van der Waals surface area contributed by atoms with Crippen LogP contribution in [0.4, 0.5) is 0 Å². The Morgan fingerprint density at radius 2 is 1.80 bits per heavy atom. The summed E-state index contributed by atoms with van der Waals surface area (Å²) in [5.74, 6) is 1.03. The van der Waals surface area contributed by atoms with Crippen LogP contribution in [0.25, 0.3) is 21.9 Å². The fraction of sp³-hybridized carbons (Fsp3) is 0.250. The van der Waals surface area contributed by atoms with Crippen molar-refractivity contribution in [3.05, 3.63) is 61.2 Å². The van der Waals surface area contributed by atoms with E-state index in [0.717, 1.165) is 21.9 Å². The molecular formula is C20H20N4O. The molecule has 4 aromatic rings. The summed E-state index contributed by atoms with van der Waals surface area (Å²) < 4.78 is 8.15. The number of imidazole rings is 1. The third-order valence-corrected chi connectivity index (χ3v) is 4.47. The topological polar surface area (TPSA) is 52.8 Å². The molecule has 126 valence electrons. The van der Waals surface area contributed by atoms with Crippen LogP contribution >= 0.6 is 0 Å². The van der Waals surface area contributed by atoms with Crippen molar-refractivity contribution in [2.45, 2.75) is 19.9 Å². The van der Waals surface area contributed by atoms with Gasteiger partial charge in [0.05, 0.1) is 29.6 Å². The lowest BCUT2D eigenvalue weighted by Gasteiger charge is -2.23. The van der Waals surface area contributed by atoms with Crippen molar-refractivity contribution < 1.29 is 4.74 Å². The largest absolute Gasteiger partial charge is 0.475 e. The summed E-state index contributed by atoms with van der Waals surface area (Å²) in [6.45, 7) is 4.93. The van der Waals surface area contributed by atoms with Gasteiger partial charge in [-0.05, 0) is 18.1 Å². The van der Waals surface area contributed by atoms with Crippen LogP contribution in [-0.2, 0) is 0 Å². The highest BCUT2D eigenvalue weighted by Crippen LogP contribution is 2.28. The van der Waals surface area contributed by atoms with Crippen molar-refractivity contribution in [1.29, 1.82) is 0 Å². The van der Waals surface area contributed by atoms with Crippen LogP contribution in [0, 0.1) is 5.92 Å². The Bertz CT molecular complexity index is 994. The molecule has 25 heavy (non-hydrogen) atoms. The summed E-state index contributed by atoms with van der Waals surface area (Å²) in [4.78, 5) is 13.3. The SMILES string of the molecule is CC(C)C(COc1ccccn1)n1cnc2cnc3ccccc3c21. The number of ether oxygens (including phenoxy) is 1. The summed E-state index contributed by atoms with van der Waals surface area (Å²) in [6, 6.07) is 14.0. The van der Waals surface area contributed by atoms with Gasteiger partial charge in [-0.3, -0.25) is 4.98 Å². The first kappa shape index (κ1) is 15.6. The maximum absolute atomic E-state index is 5.94. The molecule has 0 aliphatic heterocycles. The summed E-state index contributed by atoms with van der Waals surface area (Å²) in [5.41, 5.74) is 2.99. The first-order valence-electron chi connectivity index (χ1n) is 8.48. The smallest absolute Gasteiger partial charge is 0.213 e. The Labute approximate surface area is 146 Å². The molecule has 1 atom stereocenters. The zero-order valence-corrected chi connectivity index (χ0v) is 14.3. The lowest BCUT2D eigenvalue weighted by Crippen LogP contribution is -2.22. The van der Waals surface area contributed by atoms with E-state index in [1.807, 2.05) is 48.9 Å². The minimum atomic E-state index is 0.151. The number of hydrogen-bond donors (Lipinski definition) is 0. The van der Waals surface area contributed by atoms with Crippen molar-refractivity contribution >= 4 is 21.9 Å². The van der Waals surface area contributed by atoms with Crippen LogP contribution in [-0.4, -0.2) is 26.1 Å². The quantitative estimate of drug-likeness (QED) is 0.548. The molecule has 0 spiro atoms. The first-order valence-corrected chi connectivity index (χ1v) is 8.48. The second-order valence-electron chi connectivity index (χ2n) is 6.45. The molecule has 0 fully saturated rings. The Morgan fingerprint density at radius 3 is 2.60 bits per heavy atom. The number of benzene rings is 1. The summed E-state index contributed by atoms with van der Waals surface area (Å²) >= 11 is 0. The standard InChI is InChI=1S/C20H20N4O/c1-14(2)18(12-25-19-9-5-6-10-21-19)24-13-23-17-11-22-16-8-4-3-7-15(16)20(17)24/h3-11,13-14,18H,12H2,1-2H3. The lowest BCUT2D eigenvalue weighted by atomic mass is 10.0. The number of nitrogens with zero attached hydrogens (tertiary/aromatic N) is 4. The second-order valence-corrected chi connectivity index (χ2v) is 6.45. The van der Waals surface area contributed by atoms with E-state index in [9.17, 15) is 0 Å². The molecule has 0 aliphatic carbocycles. The van der Waals surface area contributed by atoms with Gasteiger partial charge in [0, 0.05) is 17.6 Å². The minimum absolute atomic E-state index is 0.151. The molecular weight excluding hydrogens is 312 g/mol. The highest BCUT2D eigenvalue weighted by molar-refractivity contribution is 6.01. The second kappa shape index (κ2) is 6.51. The molecule has 0 aliphatic rings. The fourth-order valence-electron chi connectivity index (χ4n) is 3.11. The third-order valence-electron chi connectivity index (χ3n) is 4.47. The van der Waals surface area contributed by atoms with Gasteiger partial charge < -0.3 is 9.30 Å². The average molecular weight is 332 g/mol. The van der Waals surface area contributed by atoms with E-state index < -0.39 is 0 Å². The lowest BCUT2D eigenvalue weighted by molar-refractivity contribution is 0.209. The van der Waals surface area contributed by atoms with E-state index in [-0.39, 0.29) is 6.04 Å². The van der Waals surface area contributed by atoms with Crippen LogP contribution in [0.1, 0.15) is 19.9 Å². The number of fused-ring (bicyclic) bond motifs is 3. The summed E-state index contributed by atoms with van der Waals surface area (Å²) in [7, 11) is 0. The van der Waals surface area contributed by atoms with Crippen LogP contribution in [0.3, 0.4) is 0 Å². The van der Waals surface area contributed by atoms with Crippen molar-refractivity contribution in [3.63, 3.8) is 0 Å². The van der Waals surface area contributed by atoms with Gasteiger partial charge in [-0.25, -0.2) is 9.97 Å². The number of pyridine rings is 2. The van der Waals surface area contributed by atoms with E-state index >= 15 is 0 Å². The van der Waals surface area contributed by atoms with Gasteiger partial charge in [0.15, 0.2) is 0 Å². The number of para-hydroxylation sites is 1. The van der Waals surface area contributed by atoms with Crippen molar-refractivity contribution in [1.82, 2.24) is 19.5 Å². The van der Waals surface area contributed by atoms with Gasteiger partial charge in [0.25, 0.3) is 0 Å². The molecule has 1 aromatic carbocycles. The van der Waals surface area contributed by atoms with Crippen LogP contribution in [0.2, 0.25) is 0 Å². The average Bonchev–Trinajstić information content (AvgIpc) is 3.07. The predicted molar refractivity (Wildman–Crippen MR) is 98.6 cm³/mol. The molecule has 3 heterocycles. The van der Waals surface area contributed by atoms with E-state index in [1.54, 1.807) is 6.20 Å². The summed E-state index contributed by atoms with van der Waals surface area (Å²) in [6.07, 6.45) is 5.47. The Kier molecular flexibility index (Phi) is 4.06. The monoisotopic (exact) mass is 332 g/mol. The van der Waals surface area contributed by atoms with Crippen molar-refractivity contribution in [2.75, 3.05) is 6.61 Å².